The monoisotopic (exact) mass is 513 g/mol. The highest BCUT2D eigenvalue weighted by molar-refractivity contribution is 7.88. The first-order chi connectivity index (χ1) is 16.5. The maximum Gasteiger partial charge on any atom is 0.534 e. The lowest BCUT2D eigenvalue weighted by molar-refractivity contribution is -0.0499. The van der Waals surface area contributed by atoms with Crippen molar-refractivity contribution in [3.8, 4) is 5.75 Å². The normalized spacial score (nSPS) is 12.3. The molecule has 1 unspecified atom stereocenters. The number of alkyl halides is 3. The third-order valence-electron chi connectivity index (χ3n) is 4.75. The molecule has 0 aromatic heterocycles. The van der Waals surface area contributed by atoms with Gasteiger partial charge in [0.2, 0.25) is 0 Å². The number of carbonyl (C=O) groups is 1. The van der Waals surface area contributed by atoms with Gasteiger partial charge in [0.1, 0.15) is 0 Å². The zero-order chi connectivity index (χ0) is 26.2. The minimum atomic E-state index is -5.92. The van der Waals surface area contributed by atoms with Gasteiger partial charge < -0.3 is 19.3 Å². The Balaban J connectivity index is 0.00000210. The van der Waals surface area contributed by atoms with Crippen molar-refractivity contribution in [1.82, 2.24) is 0 Å². The number of nitrogens with one attached hydrogen (secondary N) is 1. The van der Waals surface area contributed by atoms with Gasteiger partial charge in [0.15, 0.2) is 5.75 Å². The van der Waals surface area contributed by atoms with Crippen molar-refractivity contribution in [3.63, 3.8) is 0 Å². The van der Waals surface area contributed by atoms with Crippen molar-refractivity contribution in [2.45, 2.75) is 31.9 Å². The van der Waals surface area contributed by atoms with Crippen LogP contribution in [0.2, 0.25) is 0 Å². The van der Waals surface area contributed by atoms with Gasteiger partial charge in [-0.1, -0.05) is 62.4 Å². The van der Waals surface area contributed by atoms with E-state index in [1.54, 1.807) is 36.4 Å². The van der Waals surface area contributed by atoms with E-state index in [0.29, 0.717) is 11.1 Å². The van der Waals surface area contributed by atoms with Crippen LogP contribution in [0.15, 0.2) is 60.7 Å². The Labute approximate surface area is 201 Å². The van der Waals surface area contributed by atoms with Gasteiger partial charge in [-0.15, -0.1) is 0 Å². The minimum Gasteiger partial charge on any atom is -0.465 e. The van der Waals surface area contributed by atoms with Crippen LogP contribution in [0.25, 0.3) is 10.8 Å². The first-order valence-electron chi connectivity index (χ1n) is 10.6. The second-order valence-electron chi connectivity index (χ2n) is 7.03. The molecule has 7 nitrogen and oxygen atoms in total. The predicted molar refractivity (Wildman–Crippen MR) is 127 cm³/mol. The number of para-hydroxylation sites is 1. The van der Waals surface area contributed by atoms with E-state index in [4.69, 9.17) is 4.74 Å². The number of benzene rings is 3. The van der Waals surface area contributed by atoms with Crippen molar-refractivity contribution in [3.05, 3.63) is 71.8 Å². The number of carbonyl (C=O) groups excluding carboxylic acids is 1. The summed E-state index contributed by atoms with van der Waals surface area (Å²) < 4.78 is 71.4. The van der Waals surface area contributed by atoms with Crippen molar-refractivity contribution >= 4 is 32.5 Å². The highest BCUT2D eigenvalue weighted by Crippen LogP contribution is 2.35. The Bertz CT molecular complexity index is 1260. The number of methoxy groups -OCH3 is 1. The van der Waals surface area contributed by atoms with Crippen LogP contribution in [-0.4, -0.2) is 44.8 Å². The van der Waals surface area contributed by atoms with Crippen molar-refractivity contribution in [2.24, 2.45) is 0 Å². The van der Waals surface area contributed by atoms with Crippen LogP contribution in [0.5, 0.6) is 5.75 Å². The van der Waals surface area contributed by atoms with Gasteiger partial charge in [0.05, 0.1) is 18.8 Å². The molecule has 0 radical (unpaired) electrons. The summed E-state index contributed by atoms with van der Waals surface area (Å²) in [6.45, 7) is 3.91. The van der Waals surface area contributed by atoms with Gasteiger partial charge in [0.25, 0.3) is 0 Å². The van der Waals surface area contributed by atoms with Gasteiger partial charge >= 0.3 is 21.6 Å². The molecule has 0 fully saturated rings. The second-order valence-corrected chi connectivity index (χ2v) is 8.57. The number of rotatable bonds is 8. The summed E-state index contributed by atoms with van der Waals surface area (Å²) in [7, 11) is -4.70. The fourth-order valence-electron chi connectivity index (χ4n) is 3.18. The van der Waals surface area contributed by atoms with E-state index in [-0.39, 0.29) is 29.5 Å². The summed E-state index contributed by atoms with van der Waals surface area (Å²) in [5.74, 6) is -1.09. The molecule has 11 heteroatoms. The first-order valence-corrected chi connectivity index (χ1v) is 12.0. The molecule has 35 heavy (non-hydrogen) atoms. The van der Waals surface area contributed by atoms with E-state index < -0.39 is 33.4 Å². The largest absolute Gasteiger partial charge is 0.534 e. The van der Waals surface area contributed by atoms with Crippen LogP contribution in [0.1, 0.15) is 29.8 Å². The van der Waals surface area contributed by atoms with Crippen LogP contribution in [0, 0.1) is 0 Å². The molecule has 0 aliphatic carbocycles. The fourth-order valence-corrected chi connectivity index (χ4v) is 3.69. The van der Waals surface area contributed by atoms with Gasteiger partial charge in [-0.25, -0.2) is 4.79 Å². The molecule has 3 aromatic carbocycles. The molecule has 0 saturated carbocycles. The third kappa shape index (κ3) is 6.86. The van der Waals surface area contributed by atoms with Gasteiger partial charge in [-0.05, 0) is 23.1 Å². The lowest BCUT2D eigenvalue weighted by Gasteiger charge is -2.18. The number of aliphatic hydroxyl groups excluding tert-OH is 1. The standard InChI is InChI=1S/C22H20F3NO6S.C2H6/c1-31-21(28)18-8-4-5-9-19(18)26-13-16(27)12-15-11-10-14-6-2-3-7-17(14)20(15)32-33(29,30)22(23,24)25;1-2/h2-11,16,26-27H,12-13H2,1H3;1-2H3. The average Bonchev–Trinajstić information content (AvgIpc) is 2.84. The molecule has 0 aliphatic rings. The predicted octanol–water partition coefficient (Wildman–Crippen LogP) is 4.90. The van der Waals surface area contributed by atoms with Crippen LogP contribution in [-0.2, 0) is 21.3 Å². The summed E-state index contributed by atoms with van der Waals surface area (Å²) in [5.41, 5.74) is -4.92. The molecule has 0 saturated heterocycles. The van der Waals surface area contributed by atoms with Crippen molar-refractivity contribution in [2.75, 3.05) is 19.0 Å². The van der Waals surface area contributed by atoms with Crippen LogP contribution < -0.4 is 9.50 Å². The Hall–Kier alpha value is -3.31. The summed E-state index contributed by atoms with van der Waals surface area (Å²) >= 11 is 0. The second kappa shape index (κ2) is 11.9. The van der Waals surface area contributed by atoms with E-state index in [1.165, 1.54) is 31.4 Å². The molecule has 2 N–H and O–H groups in total. The Morgan fingerprint density at radius 3 is 2.31 bits per heavy atom. The molecule has 3 rings (SSSR count). The molecule has 3 aromatic rings. The first kappa shape index (κ1) is 27.9. The van der Waals surface area contributed by atoms with E-state index in [9.17, 15) is 31.5 Å². The quantitative estimate of drug-likeness (QED) is 0.251. The molecule has 0 amide bonds. The van der Waals surface area contributed by atoms with Crippen LogP contribution in [0.4, 0.5) is 18.9 Å². The molecular weight excluding hydrogens is 487 g/mol. The maximum absolute atomic E-state index is 12.9. The molecule has 1 atom stereocenters. The van der Waals surface area contributed by atoms with Crippen LogP contribution in [0.3, 0.4) is 0 Å². The molecule has 0 spiro atoms. The number of hydrogen-bond donors (Lipinski definition) is 2. The number of fused-ring (bicyclic) bond motifs is 1. The number of aliphatic hydroxyl groups is 1. The SMILES string of the molecule is CC.COC(=O)c1ccccc1NCC(O)Cc1ccc2ccccc2c1OS(=O)(=O)C(F)(F)F. The number of halogens is 3. The summed E-state index contributed by atoms with van der Waals surface area (Å²) in [5, 5.41) is 14.0. The zero-order valence-corrected chi connectivity index (χ0v) is 20.1. The third-order valence-corrected chi connectivity index (χ3v) is 5.71. The molecular formula is C24H26F3NO6S. The lowest BCUT2D eigenvalue weighted by atomic mass is 10.0. The van der Waals surface area contributed by atoms with Crippen molar-refractivity contribution < 1.29 is 40.4 Å². The molecule has 0 aliphatic heterocycles. The van der Waals surface area contributed by atoms with Gasteiger partial charge in [0, 0.05) is 24.0 Å². The zero-order valence-electron chi connectivity index (χ0n) is 19.3. The van der Waals surface area contributed by atoms with E-state index in [1.807, 2.05) is 13.8 Å². The van der Waals surface area contributed by atoms with Crippen molar-refractivity contribution in [1.29, 1.82) is 0 Å². The van der Waals surface area contributed by atoms with E-state index in [0.717, 1.165) is 0 Å². The average molecular weight is 514 g/mol. The Kier molecular flexibility index (Phi) is 9.49. The fraction of sp³-hybridized carbons (Fsp3) is 0.292. The van der Waals surface area contributed by atoms with E-state index in [2.05, 4.69) is 9.50 Å². The number of ether oxygens (including phenoxy) is 1. The molecule has 0 heterocycles. The highest BCUT2D eigenvalue weighted by atomic mass is 32.2. The summed E-state index contributed by atoms with van der Waals surface area (Å²) in [4.78, 5) is 11.9. The maximum atomic E-state index is 12.9. The molecule has 0 bridgehead atoms. The number of anilines is 1. The lowest BCUT2D eigenvalue weighted by Crippen LogP contribution is -2.29. The van der Waals surface area contributed by atoms with Gasteiger partial charge in [-0.3, -0.25) is 0 Å². The Morgan fingerprint density at radius 1 is 1.03 bits per heavy atom. The van der Waals surface area contributed by atoms with Crippen LogP contribution >= 0.6 is 0 Å². The van der Waals surface area contributed by atoms with Gasteiger partial charge in [-0.2, -0.15) is 21.6 Å². The summed E-state index contributed by atoms with van der Waals surface area (Å²) in [6, 6.07) is 15.6. The highest BCUT2D eigenvalue weighted by Gasteiger charge is 2.49. The topological polar surface area (TPSA) is 102 Å². The Morgan fingerprint density at radius 2 is 1.66 bits per heavy atom. The molecule has 190 valence electrons. The summed E-state index contributed by atoms with van der Waals surface area (Å²) in [6.07, 6.45) is -1.38. The minimum absolute atomic E-state index is 0.0667. The smallest absolute Gasteiger partial charge is 0.465 e. The number of hydrogen-bond acceptors (Lipinski definition) is 7. The van der Waals surface area contributed by atoms with E-state index >= 15 is 0 Å². The number of esters is 1.